The Morgan fingerprint density at radius 3 is 2.62 bits per heavy atom. The molecule has 2 aromatic heterocycles. The number of thiophene rings is 1. The predicted octanol–water partition coefficient (Wildman–Crippen LogP) is 4.34. The molecule has 1 aromatic carbocycles. The van der Waals surface area contributed by atoms with Gasteiger partial charge in [0.05, 0.1) is 4.88 Å². The highest BCUT2D eigenvalue weighted by atomic mass is 35.5. The fraction of sp³-hybridized carbons (Fsp3) is 0.417. The maximum atomic E-state index is 13.0. The summed E-state index contributed by atoms with van der Waals surface area (Å²) >= 11 is 7.67. The van der Waals surface area contributed by atoms with Crippen LogP contribution in [0.25, 0.3) is 10.9 Å². The summed E-state index contributed by atoms with van der Waals surface area (Å²) in [6, 6.07) is 9.21. The number of nitrogens with zero attached hydrogens (tertiary/aromatic N) is 1. The van der Waals surface area contributed by atoms with Gasteiger partial charge in [-0.3, -0.25) is 9.59 Å². The van der Waals surface area contributed by atoms with E-state index in [2.05, 4.69) is 27.6 Å². The van der Waals surface area contributed by atoms with Gasteiger partial charge in [-0.15, -0.1) is 11.3 Å². The van der Waals surface area contributed by atoms with Crippen molar-refractivity contribution in [2.75, 3.05) is 13.6 Å². The molecule has 8 heteroatoms. The molecule has 3 aromatic rings. The Kier molecular flexibility index (Phi) is 5.97. The molecular formula is C24H27ClN4O2S. The van der Waals surface area contributed by atoms with Crippen LogP contribution in [-0.2, 0) is 13.0 Å². The summed E-state index contributed by atoms with van der Waals surface area (Å²) < 4.78 is 0. The predicted molar refractivity (Wildman–Crippen MR) is 129 cm³/mol. The van der Waals surface area contributed by atoms with E-state index >= 15 is 0 Å². The van der Waals surface area contributed by atoms with Crippen molar-refractivity contribution in [1.29, 1.82) is 0 Å². The lowest BCUT2D eigenvalue weighted by atomic mass is 9.90. The summed E-state index contributed by atoms with van der Waals surface area (Å²) in [7, 11) is 2.11. The Labute approximate surface area is 196 Å². The highest BCUT2D eigenvalue weighted by Gasteiger charge is 2.30. The second-order valence-corrected chi connectivity index (χ2v) is 10.5. The first-order valence-electron chi connectivity index (χ1n) is 11.2. The normalized spacial score (nSPS) is 21.3. The molecule has 1 aliphatic heterocycles. The second-order valence-electron chi connectivity index (χ2n) is 8.91. The molecular weight excluding hydrogens is 444 g/mol. The minimum atomic E-state index is -0.155. The van der Waals surface area contributed by atoms with E-state index in [1.165, 1.54) is 10.4 Å². The van der Waals surface area contributed by atoms with E-state index < -0.39 is 0 Å². The van der Waals surface area contributed by atoms with Gasteiger partial charge in [0.1, 0.15) is 5.69 Å². The maximum Gasteiger partial charge on any atom is 0.268 e. The lowest BCUT2D eigenvalue weighted by molar-refractivity contribution is 0.0862. The summed E-state index contributed by atoms with van der Waals surface area (Å²) in [6.45, 7) is 1.93. The van der Waals surface area contributed by atoms with Crippen LogP contribution in [-0.4, -0.2) is 47.4 Å². The van der Waals surface area contributed by atoms with Crippen LogP contribution >= 0.6 is 22.9 Å². The van der Waals surface area contributed by atoms with Gasteiger partial charge in [0.25, 0.3) is 11.8 Å². The zero-order valence-electron chi connectivity index (χ0n) is 18.0. The Balaban J connectivity index is 1.27. The third-order valence-corrected chi connectivity index (χ3v) is 7.98. The number of H-pyrrole nitrogens is 1. The molecule has 3 N–H and O–H groups in total. The average molecular weight is 471 g/mol. The summed E-state index contributed by atoms with van der Waals surface area (Å²) in [4.78, 5) is 33.5. The molecule has 1 fully saturated rings. The first-order chi connectivity index (χ1) is 15.5. The number of nitrogens with one attached hydrogen (secondary N) is 3. The number of hydrogen-bond donors (Lipinski definition) is 3. The van der Waals surface area contributed by atoms with Crippen molar-refractivity contribution >= 4 is 45.7 Å². The van der Waals surface area contributed by atoms with Gasteiger partial charge in [-0.25, -0.2) is 0 Å². The number of amides is 2. The van der Waals surface area contributed by atoms with Crippen molar-refractivity contribution in [2.24, 2.45) is 0 Å². The van der Waals surface area contributed by atoms with Crippen LogP contribution in [0.15, 0.2) is 30.3 Å². The van der Waals surface area contributed by atoms with Gasteiger partial charge in [0.2, 0.25) is 0 Å². The van der Waals surface area contributed by atoms with E-state index in [4.69, 9.17) is 11.6 Å². The highest BCUT2D eigenvalue weighted by molar-refractivity contribution is 7.14. The number of carbonyl (C=O) groups is 2. The SMILES string of the molecule is CN1CCc2sc(C(=O)N[C@@H]3CCCC[C@@H]3NC(=O)c3cc4cc(Cl)ccc4[nH]3)cc2C1. The van der Waals surface area contributed by atoms with E-state index in [1.807, 2.05) is 24.3 Å². The zero-order chi connectivity index (χ0) is 22.2. The standard InChI is InChI=1S/C24H27ClN4O2S/c1-29-9-8-21-15(13-29)12-22(32-21)24(31)28-19-5-3-2-4-18(19)27-23(30)20-11-14-10-16(25)6-7-17(14)26-20/h6-7,10-12,18-19,26H,2-5,8-9,13H2,1H3,(H,27,30)(H,28,31)/t18-,19+/m0/s1. The summed E-state index contributed by atoms with van der Waals surface area (Å²) in [5, 5.41) is 7.91. The van der Waals surface area contributed by atoms with Crippen LogP contribution in [0.2, 0.25) is 5.02 Å². The smallest absolute Gasteiger partial charge is 0.268 e. The van der Waals surface area contributed by atoms with E-state index in [0.717, 1.165) is 61.0 Å². The Morgan fingerprint density at radius 1 is 1.09 bits per heavy atom. The number of carbonyl (C=O) groups excluding carboxylic acids is 2. The summed E-state index contributed by atoms with van der Waals surface area (Å²) in [6.07, 6.45) is 4.82. The third-order valence-electron chi connectivity index (χ3n) is 6.51. The molecule has 0 radical (unpaired) electrons. The fourth-order valence-electron chi connectivity index (χ4n) is 4.77. The monoisotopic (exact) mass is 470 g/mol. The topological polar surface area (TPSA) is 77.2 Å². The van der Waals surface area contributed by atoms with E-state index in [-0.39, 0.29) is 23.9 Å². The van der Waals surface area contributed by atoms with Gasteiger partial charge >= 0.3 is 0 Å². The number of aromatic amines is 1. The Morgan fingerprint density at radius 2 is 1.84 bits per heavy atom. The number of aromatic nitrogens is 1. The number of likely N-dealkylation sites (N-methyl/N-ethyl adjacent to an activating group) is 1. The lowest BCUT2D eigenvalue weighted by Gasteiger charge is -2.32. The molecule has 1 saturated carbocycles. The van der Waals surface area contributed by atoms with Crippen LogP contribution in [0.1, 0.15) is 56.3 Å². The van der Waals surface area contributed by atoms with Gasteiger partial charge in [0.15, 0.2) is 0 Å². The van der Waals surface area contributed by atoms with E-state index in [0.29, 0.717) is 10.7 Å². The van der Waals surface area contributed by atoms with E-state index in [1.54, 1.807) is 17.4 Å². The molecule has 2 aliphatic rings. The third kappa shape index (κ3) is 4.42. The molecule has 32 heavy (non-hydrogen) atoms. The number of halogens is 1. The molecule has 2 atom stereocenters. The van der Waals surface area contributed by atoms with Crippen molar-refractivity contribution in [3.05, 3.63) is 56.4 Å². The largest absolute Gasteiger partial charge is 0.351 e. The minimum absolute atomic E-state index is 0.0292. The Hall–Kier alpha value is -2.35. The van der Waals surface area contributed by atoms with Gasteiger partial charge < -0.3 is 20.5 Å². The lowest BCUT2D eigenvalue weighted by Crippen LogP contribution is -2.53. The maximum absolute atomic E-state index is 13.0. The van der Waals surface area contributed by atoms with Crippen LogP contribution in [0, 0.1) is 0 Å². The van der Waals surface area contributed by atoms with Gasteiger partial charge in [-0.05, 0) is 62.2 Å². The zero-order valence-corrected chi connectivity index (χ0v) is 19.6. The first-order valence-corrected chi connectivity index (χ1v) is 12.4. The van der Waals surface area contributed by atoms with Gasteiger partial charge in [0, 0.05) is 46.0 Å². The van der Waals surface area contributed by atoms with Crippen molar-refractivity contribution in [2.45, 2.75) is 50.7 Å². The molecule has 3 heterocycles. The van der Waals surface area contributed by atoms with E-state index in [9.17, 15) is 9.59 Å². The molecule has 6 nitrogen and oxygen atoms in total. The van der Waals surface area contributed by atoms with Crippen LogP contribution < -0.4 is 10.6 Å². The number of hydrogen-bond acceptors (Lipinski definition) is 4. The van der Waals surface area contributed by atoms with Crippen LogP contribution in [0.4, 0.5) is 0 Å². The number of benzene rings is 1. The number of fused-ring (bicyclic) bond motifs is 2. The molecule has 168 valence electrons. The first kappa shape index (κ1) is 21.5. The Bertz CT molecular complexity index is 1170. The van der Waals surface area contributed by atoms with Crippen LogP contribution in [0.3, 0.4) is 0 Å². The highest BCUT2D eigenvalue weighted by Crippen LogP contribution is 2.28. The van der Waals surface area contributed by atoms with Crippen molar-refractivity contribution in [3.8, 4) is 0 Å². The van der Waals surface area contributed by atoms with Gasteiger partial charge in [-0.2, -0.15) is 0 Å². The molecule has 0 saturated heterocycles. The van der Waals surface area contributed by atoms with Crippen molar-refractivity contribution in [3.63, 3.8) is 0 Å². The summed E-state index contributed by atoms with van der Waals surface area (Å²) in [5.74, 6) is -0.184. The van der Waals surface area contributed by atoms with Crippen molar-refractivity contribution in [1.82, 2.24) is 20.5 Å². The molecule has 0 unspecified atom stereocenters. The van der Waals surface area contributed by atoms with Crippen LogP contribution in [0.5, 0.6) is 0 Å². The summed E-state index contributed by atoms with van der Waals surface area (Å²) in [5.41, 5.74) is 2.65. The molecule has 0 bridgehead atoms. The van der Waals surface area contributed by atoms with Crippen molar-refractivity contribution < 1.29 is 9.59 Å². The molecule has 2 amide bonds. The number of rotatable bonds is 4. The average Bonchev–Trinajstić information content (AvgIpc) is 3.38. The molecule has 1 aliphatic carbocycles. The second kappa shape index (κ2) is 8.89. The quantitative estimate of drug-likeness (QED) is 0.530. The van der Waals surface area contributed by atoms with Gasteiger partial charge in [-0.1, -0.05) is 24.4 Å². The minimum Gasteiger partial charge on any atom is -0.351 e. The fourth-order valence-corrected chi connectivity index (χ4v) is 6.02. The molecule has 5 rings (SSSR count). The molecule has 0 spiro atoms.